The molecule has 19 heavy (non-hydrogen) atoms. The normalized spacial score (nSPS) is 11.1. The molecule has 0 saturated carbocycles. The number of aromatic nitrogens is 3. The molecule has 0 aliphatic rings. The van der Waals surface area contributed by atoms with Crippen molar-refractivity contribution in [3.63, 3.8) is 0 Å². The van der Waals surface area contributed by atoms with E-state index in [1.807, 2.05) is 19.1 Å². The van der Waals surface area contributed by atoms with Crippen LogP contribution >= 0.6 is 0 Å². The lowest BCUT2D eigenvalue weighted by atomic mass is 10.1. The maximum absolute atomic E-state index is 5.69. The summed E-state index contributed by atoms with van der Waals surface area (Å²) in [7, 11) is 1.68. The maximum Gasteiger partial charge on any atom is 0.145 e. The summed E-state index contributed by atoms with van der Waals surface area (Å²) in [5, 5.41) is 8.06. The molecule has 5 nitrogen and oxygen atoms in total. The SMILES string of the molecule is COc1cc(C)cc2c(-c3cc(N)n[nH]3)c(C)[nH]c12. The molecular weight excluding hydrogens is 240 g/mol. The summed E-state index contributed by atoms with van der Waals surface area (Å²) < 4.78 is 5.44. The molecule has 1 aromatic carbocycles. The van der Waals surface area contributed by atoms with E-state index in [1.54, 1.807) is 7.11 Å². The molecule has 2 heterocycles. The standard InChI is InChI=1S/C14H16N4O/c1-7-4-9-13(10-6-12(15)18-17-10)8(2)16-14(9)11(5-7)19-3/h4-6,16H,1-3H3,(H3,15,17,18). The van der Waals surface area contributed by atoms with Gasteiger partial charge in [0.15, 0.2) is 0 Å². The monoisotopic (exact) mass is 256 g/mol. The lowest BCUT2D eigenvalue weighted by Crippen LogP contribution is -1.86. The first-order valence-electron chi connectivity index (χ1n) is 6.08. The average Bonchev–Trinajstić information content (AvgIpc) is 2.91. The minimum Gasteiger partial charge on any atom is -0.495 e. The zero-order chi connectivity index (χ0) is 13.6. The van der Waals surface area contributed by atoms with E-state index in [1.165, 1.54) is 0 Å². The van der Waals surface area contributed by atoms with Crippen molar-refractivity contribution in [3.05, 3.63) is 29.5 Å². The minimum absolute atomic E-state index is 0.489. The van der Waals surface area contributed by atoms with E-state index >= 15 is 0 Å². The molecule has 98 valence electrons. The Bertz CT molecular complexity index is 754. The van der Waals surface area contributed by atoms with Crippen LogP contribution in [0.3, 0.4) is 0 Å². The molecule has 0 fully saturated rings. The molecule has 0 atom stereocenters. The van der Waals surface area contributed by atoms with E-state index in [9.17, 15) is 0 Å². The van der Waals surface area contributed by atoms with Crippen LogP contribution in [0.2, 0.25) is 0 Å². The second kappa shape index (κ2) is 4.05. The molecule has 0 aliphatic heterocycles. The number of aromatic amines is 2. The molecule has 2 aromatic heterocycles. The van der Waals surface area contributed by atoms with Crippen LogP contribution in [0.5, 0.6) is 5.75 Å². The van der Waals surface area contributed by atoms with Crippen molar-refractivity contribution in [2.45, 2.75) is 13.8 Å². The van der Waals surface area contributed by atoms with Crippen LogP contribution in [0.4, 0.5) is 5.82 Å². The second-order valence-electron chi connectivity index (χ2n) is 4.72. The number of ether oxygens (including phenoxy) is 1. The number of aryl methyl sites for hydroxylation is 2. The Hall–Kier alpha value is -2.43. The van der Waals surface area contributed by atoms with E-state index in [0.29, 0.717) is 5.82 Å². The number of hydrogen-bond donors (Lipinski definition) is 3. The van der Waals surface area contributed by atoms with Crippen molar-refractivity contribution in [1.29, 1.82) is 0 Å². The number of hydrogen-bond acceptors (Lipinski definition) is 3. The van der Waals surface area contributed by atoms with Crippen molar-refractivity contribution < 1.29 is 4.74 Å². The number of anilines is 1. The summed E-state index contributed by atoms with van der Waals surface area (Å²) in [4.78, 5) is 3.37. The molecule has 3 rings (SSSR count). The van der Waals surface area contributed by atoms with Crippen LogP contribution < -0.4 is 10.5 Å². The summed E-state index contributed by atoms with van der Waals surface area (Å²) >= 11 is 0. The first-order valence-corrected chi connectivity index (χ1v) is 6.08. The van der Waals surface area contributed by atoms with E-state index < -0.39 is 0 Å². The Labute approximate surface area is 110 Å². The van der Waals surface area contributed by atoms with Crippen LogP contribution in [-0.4, -0.2) is 22.3 Å². The largest absolute Gasteiger partial charge is 0.495 e. The fourth-order valence-corrected chi connectivity index (χ4v) is 2.50. The van der Waals surface area contributed by atoms with Crippen molar-refractivity contribution in [3.8, 4) is 17.0 Å². The number of nitrogens with two attached hydrogens (primary N) is 1. The van der Waals surface area contributed by atoms with Gasteiger partial charge in [0, 0.05) is 22.7 Å². The molecule has 0 unspecified atom stereocenters. The first kappa shape index (κ1) is 11.6. The van der Waals surface area contributed by atoms with Crippen molar-refractivity contribution in [1.82, 2.24) is 15.2 Å². The van der Waals surface area contributed by atoms with E-state index in [4.69, 9.17) is 10.5 Å². The third-order valence-electron chi connectivity index (χ3n) is 3.29. The van der Waals surface area contributed by atoms with E-state index in [-0.39, 0.29) is 0 Å². The van der Waals surface area contributed by atoms with Crippen LogP contribution in [-0.2, 0) is 0 Å². The van der Waals surface area contributed by atoms with Crippen LogP contribution in [0.1, 0.15) is 11.3 Å². The number of H-pyrrole nitrogens is 2. The van der Waals surface area contributed by atoms with Gasteiger partial charge in [-0.1, -0.05) is 0 Å². The average molecular weight is 256 g/mol. The van der Waals surface area contributed by atoms with Gasteiger partial charge in [-0.05, 0) is 31.5 Å². The Morgan fingerprint density at radius 3 is 2.63 bits per heavy atom. The van der Waals surface area contributed by atoms with Gasteiger partial charge in [-0.2, -0.15) is 5.10 Å². The van der Waals surface area contributed by atoms with Gasteiger partial charge in [0.2, 0.25) is 0 Å². The van der Waals surface area contributed by atoms with Crippen molar-refractivity contribution in [2.75, 3.05) is 12.8 Å². The molecule has 0 bridgehead atoms. The first-order chi connectivity index (χ1) is 9.10. The Kier molecular flexibility index (Phi) is 2.48. The Morgan fingerprint density at radius 1 is 1.21 bits per heavy atom. The highest BCUT2D eigenvalue weighted by Crippen LogP contribution is 2.36. The van der Waals surface area contributed by atoms with Gasteiger partial charge in [-0.25, -0.2) is 0 Å². The van der Waals surface area contributed by atoms with E-state index in [0.717, 1.165) is 39.2 Å². The van der Waals surface area contributed by atoms with Crippen LogP contribution in [0, 0.1) is 13.8 Å². The number of nitrogens with zero attached hydrogens (tertiary/aromatic N) is 1. The van der Waals surface area contributed by atoms with Gasteiger partial charge < -0.3 is 15.5 Å². The number of rotatable bonds is 2. The highest BCUT2D eigenvalue weighted by Gasteiger charge is 2.15. The summed E-state index contributed by atoms with van der Waals surface area (Å²) in [6.07, 6.45) is 0. The molecule has 0 saturated heterocycles. The summed E-state index contributed by atoms with van der Waals surface area (Å²) in [5.41, 5.74) is 10.9. The molecule has 0 spiro atoms. The number of methoxy groups -OCH3 is 1. The fourth-order valence-electron chi connectivity index (χ4n) is 2.50. The number of benzene rings is 1. The summed E-state index contributed by atoms with van der Waals surface area (Å²) in [6.45, 7) is 4.08. The predicted octanol–water partition coefficient (Wildman–Crippen LogP) is 2.77. The van der Waals surface area contributed by atoms with Crippen LogP contribution in [0.25, 0.3) is 22.2 Å². The second-order valence-corrected chi connectivity index (χ2v) is 4.72. The molecule has 3 aromatic rings. The molecule has 4 N–H and O–H groups in total. The number of fused-ring (bicyclic) bond motifs is 1. The fraction of sp³-hybridized carbons (Fsp3) is 0.214. The zero-order valence-electron chi connectivity index (χ0n) is 11.2. The topological polar surface area (TPSA) is 79.7 Å². The smallest absolute Gasteiger partial charge is 0.145 e. The van der Waals surface area contributed by atoms with Crippen molar-refractivity contribution >= 4 is 16.7 Å². The van der Waals surface area contributed by atoms with Gasteiger partial charge in [-0.3, -0.25) is 5.10 Å². The molecule has 0 radical (unpaired) electrons. The van der Waals surface area contributed by atoms with Crippen molar-refractivity contribution in [2.24, 2.45) is 0 Å². The number of nitrogens with one attached hydrogen (secondary N) is 2. The van der Waals surface area contributed by atoms with Crippen LogP contribution in [0.15, 0.2) is 18.2 Å². The molecule has 5 heteroatoms. The van der Waals surface area contributed by atoms with Gasteiger partial charge in [-0.15, -0.1) is 0 Å². The number of nitrogen functional groups attached to an aromatic ring is 1. The molecular formula is C14H16N4O. The maximum atomic E-state index is 5.69. The zero-order valence-corrected chi connectivity index (χ0v) is 11.2. The quantitative estimate of drug-likeness (QED) is 0.659. The molecule has 0 amide bonds. The molecule has 0 aliphatic carbocycles. The summed E-state index contributed by atoms with van der Waals surface area (Å²) in [5.74, 6) is 1.33. The Balaban J connectivity index is 2.36. The van der Waals surface area contributed by atoms with Gasteiger partial charge in [0.05, 0.1) is 18.3 Å². The Morgan fingerprint density at radius 2 is 2.00 bits per heavy atom. The van der Waals surface area contributed by atoms with Gasteiger partial charge in [0.1, 0.15) is 11.6 Å². The van der Waals surface area contributed by atoms with E-state index in [2.05, 4.69) is 28.2 Å². The highest BCUT2D eigenvalue weighted by molar-refractivity contribution is 6.00. The predicted molar refractivity (Wildman–Crippen MR) is 76.3 cm³/mol. The highest BCUT2D eigenvalue weighted by atomic mass is 16.5. The minimum atomic E-state index is 0.489. The summed E-state index contributed by atoms with van der Waals surface area (Å²) in [6, 6.07) is 5.99. The lowest BCUT2D eigenvalue weighted by Gasteiger charge is -2.04. The van der Waals surface area contributed by atoms with Gasteiger partial charge >= 0.3 is 0 Å². The third kappa shape index (κ3) is 1.74. The third-order valence-corrected chi connectivity index (χ3v) is 3.29. The van der Waals surface area contributed by atoms with Gasteiger partial charge in [0.25, 0.3) is 0 Å². The lowest BCUT2D eigenvalue weighted by molar-refractivity contribution is 0.418.